The molecule has 1 aromatic heterocycles. The summed E-state index contributed by atoms with van der Waals surface area (Å²) in [7, 11) is 0. The number of carbonyl (C=O) groups excluding carboxylic acids is 1. The standard InChI is InChI=1S/C13H20N2O2/c1-9-6-11(7-10(2)15-9)8-14-12(16)17-13(3,4)5/h6-7H,8H2,1-5H3,(H,14,16). The fourth-order valence-corrected chi connectivity index (χ4v) is 1.51. The van der Waals surface area contributed by atoms with E-state index in [1.54, 1.807) is 0 Å². The summed E-state index contributed by atoms with van der Waals surface area (Å²) >= 11 is 0. The zero-order valence-corrected chi connectivity index (χ0v) is 11.1. The Kier molecular flexibility index (Phi) is 4.10. The number of alkyl carbamates (subject to hydrolysis) is 1. The molecule has 1 heterocycles. The number of hydrogen-bond acceptors (Lipinski definition) is 3. The third-order valence-electron chi connectivity index (χ3n) is 1.98. The Morgan fingerprint density at radius 1 is 1.29 bits per heavy atom. The van der Waals surface area contributed by atoms with Crippen LogP contribution >= 0.6 is 0 Å². The van der Waals surface area contributed by atoms with Crippen molar-refractivity contribution in [1.29, 1.82) is 0 Å². The highest BCUT2D eigenvalue weighted by molar-refractivity contribution is 5.67. The maximum Gasteiger partial charge on any atom is 0.407 e. The molecule has 0 radical (unpaired) electrons. The lowest BCUT2D eigenvalue weighted by atomic mass is 10.2. The smallest absolute Gasteiger partial charge is 0.407 e. The largest absolute Gasteiger partial charge is 0.444 e. The van der Waals surface area contributed by atoms with Crippen molar-refractivity contribution in [2.75, 3.05) is 0 Å². The van der Waals surface area contributed by atoms with Gasteiger partial charge in [-0.2, -0.15) is 0 Å². The van der Waals surface area contributed by atoms with Crippen LogP contribution in [0.2, 0.25) is 0 Å². The predicted molar refractivity (Wildman–Crippen MR) is 66.8 cm³/mol. The molecule has 1 amide bonds. The van der Waals surface area contributed by atoms with Gasteiger partial charge in [-0.05, 0) is 52.3 Å². The molecule has 0 saturated carbocycles. The summed E-state index contributed by atoms with van der Waals surface area (Å²) in [5.74, 6) is 0. The molecule has 0 aliphatic rings. The second kappa shape index (κ2) is 5.17. The van der Waals surface area contributed by atoms with E-state index < -0.39 is 11.7 Å². The third-order valence-corrected chi connectivity index (χ3v) is 1.98. The number of rotatable bonds is 2. The summed E-state index contributed by atoms with van der Waals surface area (Å²) in [6.07, 6.45) is -0.399. The fraction of sp³-hybridized carbons (Fsp3) is 0.538. The van der Waals surface area contributed by atoms with Gasteiger partial charge in [0.15, 0.2) is 0 Å². The average Bonchev–Trinajstić information content (AvgIpc) is 2.10. The number of ether oxygens (including phenoxy) is 1. The summed E-state index contributed by atoms with van der Waals surface area (Å²) in [4.78, 5) is 15.7. The molecular formula is C13H20N2O2. The van der Waals surface area contributed by atoms with E-state index in [0.717, 1.165) is 17.0 Å². The van der Waals surface area contributed by atoms with Crippen LogP contribution < -0.4 is 5.32 Å². The van der Waals surface area contributed by atoms with E-state index in [1.165, 1.54) is 0 Å². The van der Waals surface area contributed by atoms with Gasteiger partial charge in [0.1, 0.15) is 5.60 Å². The quantitative estimate of drug-likeness (QED) is 0.859. The van der Waals surface area contributed by atoms with E-state index in [2.05, 4.69) is 10.3 Å². The van der Waals surface area contributed by atoms with Crippen molar-refractivity contribution in [2.45, 2.75) is 46.8 Å². The maximum atomic E-state index is 11.5. The van der Waals surface area contributed by atoms with Gasteiger partial charge < -0.3 is 10.1 Å². The minimum Gasteiger partial charge on any atom is -0.444 e. The van der Waals surface area contributed by atoms with Gasteiger partial charge in [-0.3, -0.25) is 4.98 Å². The van der Waals surface area contributed by atoms with E-state index in [9.17, 15) is 4.79 Å². The molecule has 0 aromatic carbocycles. The van der Waals surface area contributed by atoms with Crippen LogP contribution in [0.4, 0.5) is 4.79 Å². The first kappa shape index (κ1) is 13.5. The van der Waals surface area contributed by atoms with Crippen LogP contribution in [-0.2, 0) is 11.3 Å². The number of amides is 1. The van der Waals surface area contributed by atoms with Gasteiger partial charge >= 0.3 is 6.09 Å². The molecule has 0 bridgehead atoms. The highest BCUT2D eigenvalue weighted by atomic mass is 16.6. The van der Waals surface area contributed by atoms with E-state index >= 15 is 0 Å². The molecule has 0 saturated heterocycles. The number of hydrogen-bond donors (Lipinski definition) is 1. The molecule has 94 valence electrons. The van der Waals surface area contributed by atoms with Gasteiger partial charge in [-0.1, -0.05) is 0 Å². The zero-order chi connectivity index (χ0) is 13.1. The molecule has 4 heteroatoms. The SMILES string of the molecule is Cc1cc(CNC(=O)OC(C)(C)C)cc(C)n1. The van der Waals surface area contributed by atoms with Crippen molar-refractivity contribution in [2.24, 2.45) is 0 Å². The van der Waals surface area contributed by atoms with Crippen LogP contribution in [0.1, 0.15) is 37.7 Å². The van der Waals surface area contributed by atoms with Crippen LogP contribution in [0.15, 0.2) is 12.1 Å². The summed E-state index contributed by atoms with van der Waals surface area (Å²) in [6.45, 7) is 9.85. The van der Waals surface area contributed by atoms with Gasteiger partial charge in [0.2, 0.25) is 0 Å². The minimum absolute atomic E-state index is 0.399. The van der Waals surface area contributed by atoms with Crippen molar-refractivity contribution in [3.63, 3.8) is 0 Å². The number of carbonyl (C=O) groups is 1. The summed E-state index contributed by atoms with van der Waals surface area (Å²) < 4.78 is 5.15. The lowest BCUT2D eigenvalue weighted by molar-refractivity contribution is 0.0523. The summed E-state index contributed by atoms with van der Waals surface area (Å²) in [6, 6.07) is 3.90. The Morgan fingerprint density at radius 2 is 1.82 bits per heavy atom. The van der Waals surface area contributed by atoms with Crippen LogP contribution in [0.3, 0.4) is 0 Å². The number of nitrogens with one attached hydrogen (secondary N) is 1. The molecule has 0 aliphatic carbocycles. The highest BCUT2D eigenvalue weighted by Crippen LogP contribution is 2.08. The molecule has 0 fully saturated rings. The first-order valence-electron chi connectivity index (χ1n) is 5.67. The molecule has 0 unspecified atom stereocenters. The fourth-order valence-electron chi connectivity index (χ4n) is 1.51. The Hall–Kier alpha value is -1.58. The van der Waals surface area contributed by atoms with Crippen molar-refractivity contribution >= 4 is 6.09 Å². The van der Waals surface area contributed by atoms with Crippen molar-refractivity contribution < 1.29 is 9.53 Å². The third kappa shape index (κ3) is 5.33. The molecule has 4 nitrogen and oxygen atoms in total. The molecule has 0 aliphatic heterocycles. The molecule has 1 N–H and O–H groups in total. The van der Waals surface area contributed by atoms with Gasteiger partial charge in [0, 0.05) is 17.9 Å². The lowest BCUT2D eigenvalue weighted by Crippen LogP contribution is -2.32. The Labute approximate surface area is 102 Å². The van der Waals surface area contributed by atoms with Crippen LogP contribution in [0.25, 0.3) is 0 Å². The Balaban J connectivity index is 2.53. The first-order valence-corrected chi connectivity index (χ1v) is 5.67. The second-order valence-electron chi connectivity index (χ2n) is 5.11. The Bertz CT molecular complexity index is 388. The number of pyridine rings is 1. The Morgan fingerprint density at radius 3 is 2.29 bits per heavy atom. The van der Waals surface area contributed by atoms with Crippen molar-refractivity contribution in [3.05, 3.63) is 29.1 Å². The topological polar surface area (TPSA) is 51.2 Å². The molecule has 1 rings (SSSR count). The monoisotopic (exact) mass is 236 g/mol. The van der Waals surface area contributed by atoms with Gasteiger partial charge in [0.25, 0.3) is 0 Å². The van der Waals surface area contributed by atoms with Gasteiger partial charge in [0.05, 0.1) is 0 Å². The zero-order valence-electron chi connectivity index (χ0n) is 11.1. The van der Waals surface area contributed by atoms with E-state index in [1.807, 2.05) is 46.8 Å². The van der Waals surface area contributed by atoms with Crippen molar-refractivity contribution in [3.8, 4) is 0 Å². The van der Waals surface area contributed by atoms with Crippen LogP contribution in [0.5, 0.6) is 0 Å². The maximum absolute atomic E-state index is 11.5. The second-order valence-corrected chi connectivity index (χ2v) is 5.11. The molecule has 0 atom stereocenters. The number of aryl methyl sites for hydroxylation is 2. The minimum atomic E-state index is -0.464. The average molecular weight is 236 g/mol. The molecular weight excluding hydrogens is 216 g/mol. The van der Waals surface area contributed by atoms with Crippen molar-refractivity contribution in [1.82, 2.24) is 10.3 Å². The van der Waals surface area contributed by atoms with Crippen LogP contribution in [-0.4, -0.2) is 16.7 Å². The van der Waals surface area contributed by atoms with Crippen LogP contribution in [0, 0.1) is 13.8 Å². The lowest BCUT2D eigenvalue weighted by Gasteiger charge is -2.19. The normalized spacial score (nSPS) is 11.1. The van der Waals surface area contributed by atoms with E-state index in [4.69, 9.17) is 4.74 Å². The molecule has 17 heavy (non-hydrogen) atoms. The first-order chi connectivity index (χ1) is 7.76. The molecule has 0 spiro atoms. The highest BCUT2D eigenvalue weighted by Gasteiger charge is 2.15. The predicted octanol–water partition coefficient (Wildman–Crippen LogP) is 2.72. The van der Waals surface area contributed by atoms with Gasteiger partial charge in [-0.25, -0.2) is 4.79 Å². The van der Waals surface area contributed by atoms with Gasteiger partial charge in [-0.15, -0.1) is 0 Å². The van der Waals surface area contributed by atoms with E-state index in [0.29, 0.717) is 6.54 Å². The number of aromatic nitrogens is 1. The number of nitrogens with zero attached hydrogens (tertiary/aromatic N) is 1. The molecule has 1 aromatic rings. The summed E-state index contributed by atoms with van der Waals surface area (Å²) in [5.41, 5.74) is 2.46. The summed E-state index contributed by atoms with van der Waals surface area (Å²) in [5, 5.41) is 2.72. The van der Waals surface area contributed by atoms with E-state index in [-0.39, 0.29) is 0 Å².